The smallest absolute Gasteiger partial charge is 0.270 e. The van der Waals surface area contributed by atoms with Gasteiger partial charge in [-0.15, -0.1) is 0 Å². The number of rotatable bonds is 9. The molecule has 0 unspecified atom stereocenters. The average Bonchev–Trinajstić information content (AvgIpc) is 3.10. The average molecular weight is 472 g/mol. The summed E-state index contributed by atoms with van der Waals surface area (Å²) in [5.74, 6) is -1.45. The number of carbonyl (C=O) groups excluding carboxylic acids is 3. The number of anilines is 2. The van der Waals surface area contributed by atoms with Gasteiger partial charge in [-0.05, 0) is 30.7 Å². The molecule has 0 aliphatic carbocycles. The first-order chi connectivity index (χ1) is 16.9. The second kappa shape index (κ2) is 9.89. The Bertz CT molecular complexity index is 1200. The first-order valence-corrected chi connectivity index (χ1v) is 11.5. The van der Waals surface area contributed by atoms with Crippen LogP contribution >= 0.6 is 0 Å². The molecule has 0 radical (unpaired) electrons. The maximum Gasteiger partial charge on any atom is 0.270 e. The van der Waals surface area contributed by atoms with Crippen LogP contribution in [-0.2, 0) is 9.59 Å². The van der Waals surface area contributed by atoms with Crippen molar-refractivity contribution in [1.29, 1.82) is 0 Å². The molecule has 0 aromatic heterocycles. The van der Waals surface area contributed by atoms with Crippen LogP contribution in [0.1, 0.15) is 43.0 Å². The van der Waals surface area contributed by atoms with Crippen LogP contribution in [0.4, 0.5) is 17.1 Å². The minimum absolute atomic E-state index is 0.0973. The van der Waals surface area contributed by atoms with Gasteiger partial charge in [-0.25, -0.2) is 10.0 Å². The summed E-state index contributed by atoms with van der Waals surface area (Å²) in [6, 6.07) is 23.0. The molecule has 0 spiro atoms. The predicted molar refractivity (Wildman–Crippen MR) is 132 cm³/mol. The molecule has 0 bridgehead atoms. The number of ketones is 1. The normalized spacial score (nSPS) is 14.9. The number of carbonyl (C=O) groups is 3. The second-order valence-electron chi connectivity index (χ2n) is 8.50. The Balaban J connectivity index is 1.81. The Morgan fingerprint density at radius 1 is 0.857 bits per heavy atom. The summed E-state index contributed by atoms with van der Waals surface area (Å²) in [6.45, 7) is 1.95. The van der Waals surface area contributed by atoms with Crippen LogP contribution in [0, 0.1) is 15.5 Å². The van der Waals surface area contributed by atoms with Gasteiger partial charge in [0, 0.05) is 24.1 Å². The minimum atomic E-state index is -1.62. The van der Waals surface area contributed by atoms with Gasteiger partial charge in [0.15, 0.2) is 5.78 Å². The highest BCUT2D eigenvalue weighted by Crippen LogP contribution is 2.44. The number of para-hydroxylation sites is 2. The molecule has 0 atom stereocenters. The lowest BCUT2D eigenvalue weighted by Crippen LogP contribution is -2.41. The number of hydrogen-bond donors (Lipinski definition) is 0. The molecule has 35 heavy (non-hydrogen) atoms. The molecule has 1 aliphatic rings. The Kier molecular flexibility index (Phi) is 6.73. The van der Waals surface area contributed by atoms with E-state index >= 15 is 0 Å². The van der Waals surface area contributed by atoms with E-state index in [0.29, 0.717) is 17.8 Å². The van der Waals surface area contributed by atoms with E-state index in [-0.39, 0.29) is 24.1 Å². The lowest BCUT2D eigenvalue weighted by molar-refractivity contribution is -0.384. The van der Waals surface area contributed by atoms with Crippen molar-refractivity contribution >= 4 is 34.7 Å². The summed E-state index contributed by atoms with van der Waals surface area (Å²) in [6.07, 6.45) is 1.10. The molecule has 1 heterocycles. The Morgan fingerprint density at radius 3 is 1.89 bits per heavy atom. The van der Waals surface area contributed by atoms with E-state index in [9.17, 15) is 24.5 Å². The minimum Gasteiger partial charge on any atom is -0.294 e. The van der Waals surface area contributed by atoms with Gasteiger partial charge < -0.3 is 0 Å². The van der Waals surface area contributed by atoms with E-state index in [2.05, 4.69) is 0 Å². The number of hydrazine groups is 1. The zero-order valence-electron chi connectivity index (χ0n) is 19.3. The standard InChI is InChI=1S/C27H25N3O5/c1-2-3-17-27(19-24(31)20-11-10-16-23(18-20)30(34)35)25(32)28(21-12-6-4-7-13-21)29(26(27)33)22-14-8-5-9-15-22/h4-16,18H,2-3,17,19H2,1H3. The van der Waals surface area contributed by atoms with Crippen molar-refractivity contribution in [1.82, 2.24) is 0 Å². The number of benzene rings is 3. The molecule has 3 aromatic carbocycles. The van der Waals surface area contributed by atoms with Gasteiger partial charge >= 0.3 is 0 Å². The van der Waals surface area contributed by atoms with E-state index in [0.717, 1.165) is 6.42 Å². The summed E-state index contributed by atoms with van der Waals surface area (Å²) in [5, 5.41) is 13.9. The molecule has 1 aliphatic heterocycles. The van der Waals surface area contributed by atoms with E-state index < -0.39 is 27.9 Å². The van der Waals surface area contributed by atoms with Gasteiger partial charge in [-0.1, -0.05) is 68.3 Å². The molecular formula is C27H25N3O5. The fourth-order valence-electron chi connectivity index (χ4n) is 4.38. The van der Waals surface area contributed by atoms with Crippen molar-refractivity contribution in [2.45, 2.75) is 32.6 Å². The molecule has 0 N–H and O–H groups in total. The fraction of sp³-hybridized carbons (Fsp3) is 0.222. The maximum absolute atomic E-state index is 14.1. The maximum atomic E-state index is 14.1. The van der Waals surface area contributed by atoms with Crippen molar-refractivity contribution in [3.8, 4) is 0 Å². The van der Waals surface area contributed by atoms with E-state index in [4.69, 9.17) is 0 Å². The Hall–Kier alpha value is -4.33. The van der Waals surface area contributed by atoms with E-state index in [1.54, 1.807) is 48.5 Å². The lowest BCUT2D eigenvalue weighted by atomic mass is 9.76. The monoisotopic (exact) mass is 471 g/mol. The second-order valence-corrected chi connectivity index (χ2v) is 8.50. The first kappa shape index (κ1) is 23.8. The Morgan fingerprint density at radius 2 is 1.40 bits per heavy atom. The van der Waals surface area contributed by atoms with Crippen LogP contribution < -0.4 is 10.0 Å². The van der Waals surface area contributed by atoms with Gasteiger partial charge in [0.2, 0.25) is 0 Å². The van der Waals surface area contributed by atoms with Gasteiger partial charge in [-0.2, -0.15) is 0 Å². The zero-order chi connectivity index (χ0) is 25.0. The fourth-order valence-corrected chi connectivity index (χ4v) is 4.38. The molecule has 3 aromatic rings. The van der Waals surface area contributed by atoms with Crippen LogP contribution in [-0.4, -0.2) is 22.5 Å². The zero-order valence-corrected chi connectivity index (χ0v) is 19.3. The molecular weight excluding hydrogens is 446 g/mol. The van der Waals surface area contributed by atoms with Gasteiger partial charge in [0.1, 0.15) is 5.41 Å². The van der Waals surface area contributed by atoms with Crippen molar-refractivity contribution in [3.63, 3.8) is 0 Å². The number of nitrogens with zero attached hydrogens (tertiary/aromatic N) is 3. The number of unbranched alkanes of at least 4 members (excludes halogenated alkanes) is 1. The van der Waals surface area contributed by atoms with Crippen molar-refractivity contribution in [2.24, 2.45) is 5.41 Å². The molecule has 4 rings (SSSR count). The third-order valence-electron chi connectivity index (χ3n) is 6.20. The van der Waals surface area contributed by atoms with Crippen LogP contribution in [0.3, 0.4) is 0 Å². The first-order valence-electron chi connectivity index (χ1n) is 11.5. The predicted octanol–water partition coefficient (Wildman–Crippen LogP) is 5.34. The molecule has 1 fully saturated rings. The summed E-state index contributed by atoms with van der Waals surface area (Å²) in [4.78, 5) is 52.1. The highest BCUT2D eigenvalue weighted by molar-refractivity contribution is 6.27. The molecule has 178 valence electrons. The van der Waals surface area contributed by atoms with Crippen LogP contribution in [0.25, 0.3) is 0 Å². The largest absolute Gasteiger partial charge is 0.294 e. The van der Waals surface area contributed by atoms with Gasteiger partial charge in [-0.3, -0.25) is 24.5 Å². The number of nitro benzene ring substituents is 1. The van der Waals surface area contributed by atoms with Crippen LogP contribution in [0.2, 0.25) is 0 Å². The molecule has 1 saturated heterocycles. The van der Waals surface area contributed by atoms with E-state index in [1.807, 2.05) is 19.1 Å². The summed E-state index contributed by atoms with van der Waals surface area (Å²) < 4.78 is 0. The lowest BCUT2D eigenvalue weighted by Gasteiger charge is -2.27. The molecule has 8 nitrogen and oxygen atoms in total. The number of hydrogen-bond acceptors (Lipinski definition) is 5. The third kappa shape index (κ3) is 4.42. The molecule has 0 saturated carbocycles. The Labute approximate surface area is 202 Å². The van der Waals surface area contributed by atoms with Crippen molar-refractivity contribution in [2.75, 3.05) is 10.0 Å². The molecule has 8 heteroatoms. The van der Waals surface area contributed by atoms with Gasteiger partial charge in [0.05, 0.1) is 16.3 Å². The number of non-ortho nitro benzene ring substituents is 1. The van der Waals surface area contributed by atoms with Crippen molar-refractivity contribution in [3.05, 3.63) is 101 Å². The number of Topliss-reactive ketones (excluding diaryl/α,β-unsaturated/α-hetero) is 1. The summed E-state index contributed by atoms with van der Waals surface area (Å²) >= 11 is 0. The summed E-state index contributed by atoms with van der Waals surface area (Å²) in [7, 11) is 0. The number of nitro groups is 1. The van der Waals surface area contributed by atoms with Crippen molar-refractivity contribution < 1.29 is 19.3 Å². The number of amides is 2. The van der Waals surface area contributed by atoms with Gasteiger partial charge in [0.25, 0.3) is 17.5 Å². The molecule has 2 amide bonds. The highest BCUT2D eigenvalue weighted by atomic mass is 16.6. The highest BCUT2D eigenvalue weighted by Gasteiger charge is 2.59. The van der Waals surface area contributed by atoms with Crippen LogP contribution in [0.15, 0.2) is 84.9 Å². The summed E-state index contributed by atoms with van der Waals surface area (Å²) in [5.41, 5.74) is -0.727. The third-order valence-corrected chi connectivity index (χ3v) is 6.20. The topological polar surface area (TPSA) is 101 Å². The quantitative estimate of drug-likeness (QED) is 0.181. The SMILES string of the molecule is CCCCC1(CC(=O)c2cccc([N+](=O)[O-])c2)C(=O)N(c2ccccc2)N(c2ccccc2)C1=O. The van der Waals surface area contributed by atoms with E-state index in [1.165, 1.54) is 34.3 Å². The van der Waals surface area contributed by atoms with Crippen LogP contribution in [0.5, 0.6) is 0 Å².